The number of nitrogens with one attached hydrogen (secondary N) is 1. The quantitative estimate of drug-likeness (QED) is 0.842. The van der Waals surface area contributed by atoms with Gasteiger partial charge in [0.1, 0.15) is 5.82 Å². The summed E-state index contributed by atoms with van der Waals surface area (Å²) in [5.41, 5.74) is 0.0878. The third kappa shape index (κ3) is 2.13. The molecule has 1 N–H and O–H groups in total. The summed E-state index contributed by atoms with van der Waals surface area (Å²) in [5.74, 6) is 1.10. The largest absolute Gasteiger partial charge is 0.377 e. The van der Waals surface area contributed by atoms with Crippen LogP contribution >= 0.6 is 0 Å². The van der Waals surface area contributed by atoms with Crippen LogP contribution < -0.4 is 5.32 Å². The topological polar surface area (TPSA) is 39.1 Å². The fourth-order valence-electron chi connectivity index (χ4n) is 2.14. The SMILES string of the molecule is CCn1ccnc1CNC1(C)CCOC1C. The minimum atomic E-state index is 0.0878. The summed E-state index contributed by atoms with van der Waals surface area (Å²) >= 11 is 0. The zero-order valence-electron chi connectivity index (χ0n) is 10.4. The summed E-state index contributed by atoms with van der Waals surface area (Å²) in [6.07, 6.45) is 5.23. The number of imidazole rings is 1. The fraction of sp³-hybridized carbons (Fsp3) is 0.750. The summed E-state index contributed by atoms with van der Waals surface area (Å²) in [5, 5.41) is 3.58. The molecule has 90 valence electrons. The van der Waals surface area contributed by atoms with Crippen LogP contribution in [0.2, 0.25) is 0 Å². The van der Waals surface area contributed by atoms with Gasteiger partial charge >= 0.3 is 0 Å². The lowest BCUT2D eigenvalue weighted by molar-refractivity contribution is 0.0878. The number of hydrogen-bond donors (Lipinski definition) is 1. The molecule has 1 aliphatic rings. The molecule has 1 aromatic rings. The van der Waals surface area contributed by atoms with Crippen molar-refractivity contribution in [1.29, 1.82) is 0 Å². The molecule has 16 heavy (non-hydrogen) atoms. The third-order valence-electron chi connectivity index (χ3n) is 3.68. The number of hydrogen-bond acceptors (Lipinski definition) is 3. The number of nitrogens with zero attached hydrogens (tertiary/aromatic N) is 2. The monoisotopic (exact) mass is 223 g/mol. The molecule has 2 unspecified atom stereocenters. The first-order valence-corrected chi connectivity index (χ1v) is 6.02. The van der Waals surface area contributed by atoms with Gasteiger partial charge in [-0.1, -0.05) is 0 Å². The highest BCUT2D eigenvalue weighted by molar-refractivity contribution is 4.98. The van der Waals surface area contributed by atoms with Gasteiger partial charge in [-0.2, -0.15) is 0 Å². The highest BCUT2D eigenvalue weighted by Gasteiger charge is 2.36. The van der Waals surface area contributed by atoms with Crippen LogP contribution in [0.5, 0.6) is 0 Å². The standard InChI is InChI=1S/C12H21N3O/c1-4-15-7-6-13-11(15)9-14-12(3)5-8-16-10(12)2/h6-7,10,14H,4-5,8-9H2,1-3H3. The van der Waals surface area contributed by atoms with E-state index in [0.717, 1.165) is 31.9 Å². The second-order valence-corrected chi connectivity index (χ2v) is 4.66. The molecular formula is C12H21N3O. The van der Waals surface area contributed by atoms with Crippen molar-refractivity contribution in [2.24, 2.45) is 0 Å². The van der Waals surface area contributed by atoms with E-state index in [1.165, 1.54) is 0 Å². The first kappa shape index (κ1) is 11.6. The van der Waals surface area contributed by atoms with Gasteiger partial charge in [-0.15, -0.1) is 0 Å². The minimum Gasteiger partial charge on any atom is -0.377 e. The molecule has 4 nitrogen and oxygen atoms in total. The Hall–Kier alpha value is -0.870. The van der Waals surface area contributed by atoms with Crippen molar-refractivity contribution < 1.29 is 4.74 Å². The maximum atomic E-state index is 5.61. The van der Waals surface area contributed by atoms with Gasteiger partial charge in [0.15, 0.2) is 0 Å². The van der Waals surface area contributed by atoms with Crippen molar-refractivity contribution in [1.82, 2.24) is 14.9 Å². The first-order valence-electron chi connectivity index (χ1n) is 6.02. The van der Waals surface area contributed by atoms with E-state index in [-0.39, 0.29) is 11.6 Å². The van der Waals surface area contributed by atoms with Crippen molar-refractivity contribution in [2.75, 3.05) is 6.61 Å². The molecule has 2 heterocycles. The van der Waals surface area contributed by atoms with Crippen LogP contribution in [0.1, 0.15) is 33.0 Å². The summed E-state index contributed by atoms with van der Waals surface area (Å²) in [4.78, 5) is 4.36. The normalized spacial score (nSPS) is 29.8. The van der Waals surface area contributed by atoms with Gasteiger partial charge in [-0.05, 0) is 27.2 Å². The average molecular weight is 223 g/mol. The molecule has 1 saturated heterocycles. The van der Waals surface area contributed by atoms with Crippen molar-refractivity contribution in [2.45, 2.75) is 51.9 Å². The van der Waals surface area contributed by atoms with E-state index >= 15 is 0 Å². The Morgan fingerprint density at radius 2 is 2.50 bits per heavy atom. The molecule has 0 radical (unpaired) electrons. The van der Waals surface area contributed by atoms with Gasteiger partial charge < -0.3 is 14.6 Å². The molecular weight excluding hydrogens is 202 g/mol. The molecule has 4 heteroatoms. The van der Waals surface area contributed by atoms with Crippen LogP contribution in [0.15, 0.2) is 12.4 Å². The van der Waals surface area contributed by atoms with Gasteiger partial charge in [-0.25, -0.2) is 4.98 Å². The maximum Gasteiger partial charge on any atom is 0.122 e. The molecule has 0 amide bonds. The summed E-state index contributed by atoms with van der Waals surface area (Å²) in [6, 6.07) is 0. The highest BCUT2D eigenvalue weighted by Crippen LogP contribution is 2.25. The summed E-state index contributed by atoms with van der Waals surface area (Å²) in [7, 11) is 0. The summed E-state index contributed by atoms with van der Waals surface area (Å²) < 4.78 is 7.77. The molecule has 0 aromatic carbocycles. The molecule has 1 aromatic heterocycles. The van der Waals surface area contributed by atoms with E-state index in [0.29, 0.717) is 0 Å². The minimum absolute atomic E-state index is 0.0878. The number of rotatable bonds is 4. The zero-order valence-corrected chi connectivity index (χ0v) is 10.4. The smallest absolute Gasteiger partial charge is 0.122 e. The van der Waals surface area contributed by atoms with Gasteiger partial charge in [0.25, 0.3) is 0 Å². The van der Waals surface area contributed by atoms with Crippen molar-refractivity contribution in [3.05, 3.63) is 18.2 Å². The number of aryl methyl sites for hydroxylation is 1. The van der Waals surface area contributed by atoms with Crippen LogP contribution in [-0.4, -0.2) is 27.8 Å². The lowest BCUT2D eigenvalue weighted by Gasteiger charge is -2.28. The van der Waals surface area contributed by atoms with Crippen molar-refractivity contribution in [3.63, 3.8) is 0 Å². The lowest BCUT2D eigenvalue weighted by Crippen LogP contribution is -2.47. The Balaban J connectivity index is 1.97. The van der Waals surface area contributed by atoms with Gasteiger partial charge in [0.2, 0.25) is 0 Å². The second kappa shape index (κ2) is 4.55. The summed E-state index contributed by atoms with van der Waals surface area (Å²) in [6.45, 7) is 9.13. The van der Waals surface area contributed by atoms with E-state index in [4.69, 9.17) is 4.74 Å². The molecule has 0 spiro atoms. The Morgan fingerprint density at radius 1 is 1.69 bits per heavy atom. The van der Waals surface area contributed by atoms with E-state index in [1.54, 1.807) is 0 Å². The van der Waals surface area contributed by atoms with E-state index in [9.17, 15) is 0 Å². The van der Waals surface area contributed by atoms with E-state index in [2.05, 4.69) is 35.6 Å². The molecule has 1 fully saturated rings. The second-order valence-electron chi connectivity index (χ2n) is 4.66. The van der Waals surface area contributed by atoms with Crippen LogP contribution in [0.3, 0.4) is 0 Å². The van der Waals surface area contributed by atoms with Gasteiger partial charge in [0, 0.05) is 31.1 Å². The predicted molar refractivity (Wildman–Crippen MR) is 63.2 cm³/mol. The van der Waals surface area contributed by atoms with E-state index < -0.39 is 0 Å². The highest BCUT2D eigenvalue weighted by atomic mass is 16.5. The number of aromatic nitrogens is 2. The molecule has 0 bridgehead atoms. The first-order chi connectivity index (χ1) is 7.65. The fourth-order valence-corrected chi connectivity index (χ4v) is 2.14. The Morgan fingerprint density at radius 3 is 3.12 bits per heavy atom. The van der Waals surface area contributed by atoms with Crippen LogP contribution in [-0.2, 0) is 17.8 Å². The van der Waals surface area contributed by atoms with Crippen molar-refractivity contribution >= 4 is 0 Å². The van der Waals surface area contributed by atoms with Crippen molar-refractivity contribution in [3.8, 4) is 0 Å². The van der Waals surface area contributed by atoms with Gasteiger partial charge in [-0.3, -0.25) is 0 Å². The predicted octanol–water partition coefficient (Wildman–Crippen LogP) is 1.56. The zero-order chi connectivity index (χ0) is 11.6. The maximum absolute atomic E-state index is 5.61. The molecule has 2 atom stereocenters. The molecule has 1 aliphatic heterocycles. The third-order valence-corrected chi connectivity index (χ3v) is 3.68. The van der Waals surface area contributed by atoms with Crippen LogP contribution in [0.25, 0.3) is 0 Å². The molecule has 0 saturated carbocycles. The molecule has 0 aliphatic carbocycles. The van der Waals surface area contributed by atoms with Crippen LogP contribution in [0, 0.1) is 0 Å². The average Bonchev–Trinajstić information content (AvgIpc) is 2.84. The molecule has 2 rings (SSSR count). The Labute approximate surface area is 97.0 Å². The van der Waals surface area contributed by atoms with Crippen LogP contribution in [0.4, 0.5) is 0 Å². The lowest BCUT2D eigenvalue weighted by atomic mass is 9.95. The van der Waals surface area contributed by atoms with Gasteiger partial charge in [0.05, 0.1) is 12.6 Å². The Kier molecular flexibility index (Phi) is 3.30. The number of ether oxygens (including phenoxy) is 1. The Bertz CT molecular complexity index is 350. The van der Waals surface area contributed by atoms with E-state index in [1.807, 2.05) is 12.4 Å².